The summed E-state index contributed by atoms with van der Waals surface area (Å²) in [6.45, 7) is 3.28. The average Bonchev–Trinajstić information content (AvgIpc) is 2.65. The predicted molar refractivity (Wildman–Crippen MR) is 100 cm³/mol. The van der Waals surface area contributed by atoms with Crippen LogP contribution in [0.3, 0.4) is 0 Å². The van der Waals surface area contributed by atoms with Crippen LogP contribution < -0.4 is 4.90 Å². The highest BCUT2D eigenvalue weighted by molar-refractivity contribution is 6.33. The van der Waals surface area contributed by atoms with Gasteiger partial charge in [-0.25, -0.2) is 13.6 Å². The zero-order valence-corrected chi connectivity index (χ0v) is 16.0. The Bertz CT molecular complexity index is 957. The first-order valence-corrected chi connectivity index (χ1v) is 8.68. The smallest absolute Gasteiger partial charge is 0.340 e. The molecule has 28 heavy (non-hydrogen) atoms. The van der Waals surface area contributed by atoms with Crippen molar-refractivity contribution >= 4 is 29.2 Å². The number of hydrogen-bond acceptors (Lipinski definition) is 4. The molecule has 0 saturated heterocycles. The summed E-state index contributed by atoms with van der Waals surface area (Å²) in [5.74, 6) is -4.08. The predicted octanol–water partition coefficient (Wildman–Crippen LogP) is 4.34. The Morgan fingerprint density at radius 1 is 1.14 bits per heavy atom. The van der Waals surface area contributed by atoms with Crippen LogP contribution in [-0.2, 0) is 9.53 Å². The van der Waals surface area contributed by atoms with Crippen LogP contribution in [0.2, 0.25) is 5.02 Å². The van der Waals surface area contributed by atoms with E-state index in [2.05, 4.69) is 0 Å². The van der Waals surface area contributed by atoms with Crippen LogP contribution in [0.1, 0.15) is 27.9 Å². The van der Waals surface area contributed by atoms with Crippen molar-refractivity contribution in [1.82, 2.24) is 0 Å². The molecule has 0 atom stereocenters. The fourth-order valence-corrected chi connectivity index (χ4v) is 2.64. The Morgan fingerprint density at radius 3 is 2.46 bits per heavy atom. The number of ether oxygens (including phenoxy) is 1. The molecule has 2 rings (SSSR count). The van der Waals surface area contributed by atoms with Crippen LogP contribution in [-0.4, -0.2) is 25.0 Å². The van der Waals surface area contributed by atoms with E-state index in [4.69, 9.17) is 21.6 Å². The van der Waals surface area contributed by atoms with Gasteiger partial charge in [0.25, 0.3) is 5.91 Å². The molecule has 0 bridgehead atoms. The van der Waals surface area contributed by atoms with Gasteiger partial charge in [0.1, 0.15) is 0 Å². The maximum Gasteiger partial charge on any atom is 0.340 e. The first kappa shape index (κ1) is 21.3. The van der Waals surface area contributed by atoms with Crippen molar-refractivity contribution in [3.05, 3.63) is 63.7 Å². The van der Waals surface area contributed by atoms with Crippen molar-refractivity contribution in [3.8, 4) is 6.07 Å². The lowest BCUT2D eigenvalue weighted by molar-refractivity contribution is -0.121. The van der Waals surface area contributed by atoms with Crippen LogP contribution >= 0.6 is 11.6 Å². The zero-order chi connectivity index (χ0) is 20.8. The third-order valence-electron chi connectivity index (χ3n) is 4.11. The van der Waals surface area contributed by atoms with Crippen molar-refractivity contribution in [2.24, 2.45) is 0 Å². The molecule has 0 aliphatic rings. The van der Waals surface area contributed by atoms with Crippen LogP contribution in [0.25, 0.3) is 0 Å². The fraction of sp³-hybridized carbons (Fsp3) is 0.250. The summed E-state index contributed by atoms with van der Waals surface area (Å²) >= 11 is 5.73. The van der Waals surface area contributed by atoms with Crippen LogP contribution in [0.4, 0.5) is 14.5 Å². The van der Waals surface area contributed by atoms with Crippen LogP contribution in [0.15, 0.2) is 30.3 Å². The monoisotopic (exact) mass is 406 g/mol. The van der Waals surface area contributed by atoms with E-state index in [1.807, 2.05) is 26.0 Å². The number of anilines is 1. The van der Waals surface area contributed by atoms with Crippen molar-refractivity contribution in [3.63, 3.8) is 0 Å². The van der Waals surface area contributed by atoms with Gasteiger partial charge in [-0.15, -0.1) is 0 Å². The first-order valence-electron chi connectivity index (χ1n) is 8.30. The van der Waals surface area contributed by atoms with E-state index in [0.717, 1.165) is 11.1 Å². The second-order valence-corrected chi connectivity index (χ2v) is 6.45. The molecular weight excluding hydrogens is 390 g/mol. The molecule has 0 saturated carbocycles. The van der Waals surface area contributed by atoms with Gasteiger partial charge in [-0.3, -0.25) is 4.79 Å². The summed E-state index contributed by atoms with van der Waals surface area (Å²) in [7, 11) is 0. The molecule has 0 spiro atoms. The van der Waals surface area contributed by atoms with Gasteiger partial charge in [-0.05, 0) is 49.2 Å². The van der Waals surface area contributed by atoms with Gasteiger partial charge in [-0.1, -0.05) is 17.7 Å². The summed E-state index contributed by atoms with van der Waals surface area (Å²) in [4.78, 5) is 26.0. The highest BCUT2D eigenvalue weighted by Crippen LogP contribution is 2.22. The molecule has 2 aromatic rings. The minimum Gasteiger partial charge on any atom is -0.452 e. The van der Waals surface area contributed by atoms with Crippen LogP contribution in [0, 0.1) is 36.8 Å². The third-order valence-corrected chi connectivity index (χ3v) is 4.42. The molecule has 146 valence electrons. The zero-order valence-electron chi connectivity index (χ0n) is 15.3. The van der Waals surface area contributed by atoms with E-state index in [1.165, 1.54) is 4.90 Å². The number of amides is 1. The Hall–Kier alpha value is -2.98. The number of aryl methyl sites for hydroxylation is 2. The number of carbonyl (C=O) groups excluding carboxylic acids is 2. The number of benzene rings is 2. The molecule has 2 aromatic carbocycles. The highest BCUT2D eigenvalue weighted by atomic mass is 35.5. The topological polar surface area (TPSA) is 70.4 Å². The number of esters is 1. The summed E-state index contributed by atoms with van der Waals surface area (Å²) < 4.78 is 31.4. The molecular formula is C20H17ClF2N2O3. The standard InChI is InChI=1S/C20H17ClF2N2O3/c1-12-4-5-14(8-13(12)2)25(7-3-6-24)19(26)11-28-20(27)15-9-17(22)18(23)10-16(15)21/h4-5,8-10H,3,7,11H2,1-2H3. The lowest BCUT2D eigenvalue weighted by Gasteiger charge is -2.22. The van der Waals surface area contributed by atoms with Crippen LogP contribution in [0.5, 0.6) is 0 Å². The molecule has 1 amide bonds. The van der Waals surface area contributed by atoms with Gasteiger partial charge in [0.2, 0.25) is 0 Å². The molecule has 5 nitrogen and oxygen atoms in total. The number of halogens is 3. The molecule has 0 aromatic heterocycles. The molecule has 0 N–H and O–H groups in total. The first-order chi connectivity index (χ1) is 13.2. The van der Waals surface area contributed by atoms with E-state index in [0.29, 0.717) is 17.8 Å². The Morgan fingerprint density at radius 2 is 1.82 bits per heavy atom. The van der Waals surface area contributed by atoms with Gasteiger partial charge < -0.3 is 9.64 Å². The third kappa shape index (κ3) is 5.05. The second-order valence-electron chi connectivity index (χ2n) is 6.04. The van der Waals surface area contributed by atoms with E-state index in [1.54, 1.807) is 12.1 Å². The Balaban J connectivity index is 2.15. The maximum absolute atomic E-state index is 13.3. The number of hydrogen-bond donors (Lipinski definition) is 0. The van der Waals surface area contributed by atoms with E-state index < -0.39 is 30.1 Å². The van der Waals surface area contributed by atoms with Crippen molar-refractivity contribution in [1.29, 1.82) is 5.26 Å². The fourth-order valence-electron chi connectivity index (χ4n) is 2.42. The van der Waals surface area contributed by atoms with Gasteiger partial charge >= 0.3 is 5.97 Å². The second kappa shape index (κ2) is 9.29. The lowest BCUT2D eigenvalue weighted by Crippen LogP contribution is -2.35. The largest absolute Gasteiger partial charge is 0.452 e. The summed E-state index contributed by atoms with van der Waals surface area (Å²) in [5.41, 5.74) is 2.17. The SMILES string of the molecule is Cc1ccc(N(CCC#N)C(=O)COC(=O)c2cc(F)c(F)cc2Cl)cc1C. The van der Waals surface area contributed by atoms with Gasteiger partial charge in [0, 0.05) is 12.2 Å². The minimum absolute atomic E-state index is 0.0849. The molecule has 0 aliphatic carbocycles. The summed E-state index contributed by atoms with van der Waals surface area (Å²) in [5, 5.41) is 8.51. The highest BCUT2D eigenvalue weighted by Gasteiger charge is 2.21. The number of carbonyl (C=O) groups is 2. The minimum atomic E-state index is -1.26. The molecule has 0 heterocycles. The number of nitrogens with zero attached hydrogens (tertiary/aromatic N) is 2. The average molecular weight is 407 g/mol. The Kier molecular flexibility index (Phi) is 7.07. The van der Waals surface area contributed by atoms with E-state index >= 15 is 0 Å². The lowest BCUT2D eigenvalue weighted by atomic mass is 10.1. The number of nitriles is 1. The van der Waals surface area contributed by atoms with E-state index in [-0.39, 0.29) is 23.6 Å². The molecule has 8 heteroatoms. The maximum atomic E-state index is 13.3. The van der Waals surface area contributed by atoms with Gasteiger partial charge in [-0.2, -0.15) is 5.26 Å². The summed E-state index contributed by atoms with van der Waals surface area (Å²) in [6.07, 6.45) is 0.0849. The van der Waals surface area contributed by atoms with E-state index in [9.17, 15) is 18.4 Å². The Labute approximate surface area is 166 Å². The molecule has 0 aliphatic heterocycles. The summed E-state index contributed by atoms with van der Waals surface area (Å²) in [6, 6.07) is 8.59. The quantitative estimate of drug-likeness (QED) is 0.528. The van der Waals surface area contributed by atoms with Gasteiger partial charge in [0.15, 0.2) is 18.2 Å². The van der Waals surface area contributed by atoms with Crippen molar-refractivity contribution in [2.45, 2.75) is 20.3 Å². The van der Waals surface area contributed by atoms with Gasteiger partial charge in [0.05, 0.1) is 23.1 Å². The number of rotatable bonds is 6. The molecule has 0 fully saturated rings. The molecule has 0 unspecified atom stereocenters. The molecule has 0 radical (unpaired) electrons. The normalized spacial score (nSPS) is 10.3. The van der Waals surface area contributed by atoms with Crippen molar-refractivity contribution in [2.75, 3.05) is 18.1 Å². The van der Waals surface area contributed by atoms with Crippen molar-refractivity contribution < 1.29 is 23.1 Å².